The smallest absolute Gasteiger partial charge is 0.0507 e. The molecule has 0 saturated heterocycles. The number of allylic oxidation sites excluding steroid dienone is 10. The normalized spacial score (nSPS) is 18.0. The lowest BCUT2D eigenvalue weighted by molar-refractivity contribution is 0.447. The van der Waals surface area contributed by atoms with Crippen molar-refractivity contribution in [2.75, 3.05) is 27.7 Å². The van der Waals surface area contributed by atoms with E-state index in [-0.39, 0.29) is 11.8 Å². The molecular formula is C33H41N3. The molecule has 3 heteroatoms. The van der Waals surface area contributed by atoms with E-state index >= 15 is 0 Å². The van der Waals surface area contributed by atoms with Gasteiger partial charge in [-0.1, -0.05) is 59.9 Å². The molecule has 0 saturated carbocycles. The molecule has 2 unspecified atom stereocenters. The van der Waals surface area contributed by atoms with Gasteiger partial charge >= 0.3 is 0 Å². The van der Waals surface area contributed by atoms with Gasteiger partial charge in [-0.3, -0.25) is 0 Å². The van der Waals surface area contributed by atoms with Crippen molar-refractivity contribution >= 4 is 11.8 Å². The lowest BCUT2D eigenvalue weighted by Gasteiger charge is -2.25. The molecule has 0 spiro atoms. The number of benzene rings is 1. The largest absolute Gasteiger partial charge is 0.378 e. The Balaban J connectivity index is 2.01. The third-order valence-electron chi connectivity index (χ3n) is 6.93. The summed E-state index contributed by atoms with van der Waals surface area (Å²) < 4.78 is 0. The summed E-state index contributed by atoms with van der Waals surface area (Å²) >= 11 is 0. The Morgan fingerprint density at radius 1 is 1.19 bits per heavy atom. The number of hydrogen-bond acceptors (Lipinski definition) is 3. The Hall–Kier alpha value is -3.51. The first-order valence-electron chi connectivity index (χ1n) is 12.9. The molecule has 0 aliphatic heterocycles. The maximum Gasteiger partial charge on any atom is 0.0507 e. The SMILES string of the molecule is CCN(C)C1=CCC#CC(C(C=N)c2cccc(C(C3=CC=C(N(C)C)C=CC3)=C(C)C)c2)C=C1C. The van der Waals surface area contributed by atoms with E-state index in [0.29, 0.717) is 0 Å². The Labute approximate surface area is 218 Å². The first-order valence-corrected chi connectivity index (χ1v) is 12.9. The summed E-state index contributed by atoms with van der Waals surface area (Å²) in [6, 6.07) is 8.73. The van der Waals surface area contributed by atoms with E-state index in [1.807, 2.05) is 0 Å². The molecule has 0 bridgehead atoms. The van der Waals surface area contributed by atoms with E-state index in [9.17, 15) is 0 Å². The first-order chi connectivity index (χ1) is 17.3. The molecule has 1 aromatic rings. The number of hydrogen-bond donors (Lipinski definition) is 1. The molecule has 188 valence electrons. The van der Waals surface area contributed by atoms with Crippen LogP contribution in [0.3, 0.4) is 0 Å². The maximum absolute atomic E-state index is 8.35. The van der Waals surface area contributed by atoms with Gasteiger partial charge < -0.3 is 15.2 Å². The third kappa shape index (κ3) is 6.38. The molecule has 3 nitrogen and oxygen atoms in total. The van der Waals surface area contributed by atoms with Gasteiger partial charge in [0.25, 0.3) is 0 Å². The van der Waals surface area contributed by atoms with Crippen LogP contribution in [-0.4, -0.2) is 43.7 Å². The average molecular weight is 480 g/mol. The highest BCUT2D eigenvalue weighted by Crippen LogP contribution is 2.34. The van der Waals surface area contributed by atoms with Crippen molar-refractivity contribution in [1.29, 1.82) is 5.41 Å². The topological polar surface area (TPSA) is 30.3 Å². The van der Waals surface area contributed by atoms with Gasteiger partial charge in [0.15, 0.2) is 0 Å². The van der Waals surface area contributed by atoms with E-state index in [0.717, 1.165) is 24.9 Å². The lowest BCUT2D eigenvalue weighted by atomic mass is 9.82. The zero-order chi connectivity index (χ0) is 26.2. The zero-order valence-corrected chi connectivity index (χ0v) is 23.0. The molecule has 0 heterocycles. The molecule has 1 aromatic carbocycles. The number of nitrogens with one attached hydrogen (secondary N) is 1. The van der Waals surface area contributed by atoms with Crippen LogP contribution in [0.5, 0.6) is 0 Å². The molecule has 3 rings (SSSR count). The van der Waals surface area contributed by atoms with E-state index in [1.165, 1.54) is 39.2 Å². The fourth-order valence-corrected chi connectivity index (χ4v) is 4.91. The highest BCUT2D eigenvalue weighted by molar-refractivity contribution is 5.82. The Morgan fingerprint density at radius 2 is 1.97 bits per heavy atom. The number of nitrogens with zero attached hydrogens (tertiary/aromatic N) is 2. The van der Waals surface area contributed by atoms with Crippen LogP contribution in [0.25, 0.3) is 5.57 Å². The minimum absolute atomic E-state index is 0.0347. The van der Waals surface area contributed by atoms with Crippen LogP contribution in [0.1, 0.15) is 57.6 Å². The summed E-state index contributed by atoms with van der Waals surface area (Å²) in [4.78, 5) is 4.40. The van der Waals surface area contributed by atoms with Crippen molar-refractivity contribution in [2.24, 2.45) is 5.92 Å². The first kappa shape index (κ1) is 27.1. The number of likely N-dealkylation sites (N-methyl/N-ethyl adjacent to an activating group) is 2. The fraction of sp³-hybridized carbons (Fsp3) is 0.364. The van der Waals surface area contributed by atoms with Crippen LogP contribution in [0, 0.1) is 23.2 Å². The van der Waals surface area contributed by atoms with Gasteiger partial charge in [-0.2, -0.15) is 0 Å². The van der Waals surface area contributed by atoms with Crippen LogP contribution in [0.15, 0.2) is 88.8 Å². The second-order valence-corrected chi connectivity index (χ2v) is 9.98. The Kier molecular flexibility index (Phi) is 9.37. The van der Waals surface area contributed by atoms with Crippen molar-refractivity contribution in [3.63, 3.8) is 0 Å². The monoisotopic (exact) mass is 479 g/mol. The molecule has 0 radical (unpaired) electrons. The summed E-state index contributed by atoms with van der Waals surface area (Å²) in [5, 5.41) is 8.35. The highest BCUT2D eigenvalue weighted by Gasteiger charge is 2.21. The summed E-state index contributed by atoms with van der Waals surface area (Å²) in [7, 11) is 6.27. The molecule has 0 aromatic heterocycles. The van der Waals surface area contributed by atoms with Gasteiger partial charge in [0, 0.05) is 57.6 Å². The summed E-state index contributed by atoms with van der Waals surface area (Å²) in [5.74, 6) is 6.66. The predicted molar refractivity (Wildman–Crippen MR) is 156 cm³/mol. The van der Waals surface area contributed by atoms with Crippen molar-refractivity contribution in [2.45, 2.75) is 46.5 Å². The minimum Gasteiger partial charge on any atom is -0.378 e. The van der Waals surface area contributed by atoms with E-state index in [4.69, 9.17) is 5.41 Å². The van der Waals surface area contributed by atoms with Gasteiger partial charge in [0.05, 0.1) is 5.92 Å². The highest BCUT2D eigenvalue weighted by atomic mass is 15.1. The van der Waals surface area contributed by atoms with Crippen molar-refractivity contribution in [3.8, 4) is 11.8 Å². The predicted octanol–water partition coefficient (Wildman–Crippen LogP) is 7.35. The number of rotatable bonds is 8. The molecule has 36 heavy (non-hydrogen) atoms. The Bertz CT molecular complexity index is 1220. The third-order valence-corrected chi connectivity index (χ3v) is 6.93. The van der Waals surface area contributed by atoms with Gasteiger partial charge in [0.1, 0.15) is 0 Å². The fourth-order valence-electron chi connectivity index (χ4n) is 4.91. The second-order valence-electron chi connectivity index (χ2n) is 9.98. The molecule has 2 aliphatic carbocycles. The van der Waals surface area contributed by atoms with Crippen molar-refractivity contribution in [1.82, 2.24) is 9.80 Å². The molecule has 2 atom stereocenters. The lowest BCUT2D eigenvalue weighted by Crippen LogP contribution is -2.19. The minimum atomic E-state index is -0.0969. The molecular weight excluding hydrogens is 438 g/mol. The van der Waals surface area contributed by atoms with Gasteiger partial charge in [0.2, 0.25) is 0 Å². The van der Waals surface area contributed by atoms with Crippen LogP contribution in [0.2, 0.25) is 0 Å². The molecule has 2 aliphatic rings. The van der Waals surface area contributed by atoms with Crippen LogP contribution in [0.4, 0.5) is 0 Å². The zero-order valence-electron chi connectivity index (χ0n) is 23.0. The molecule has 1 N–H and O–H groups in total. The van der Waals surface area contributed by atoms with Crippen molar-refractivity contribution in [3.05, 3.63) is 100.0 Å². The van der Waals surface area contributed by atoms with E-state index in [1.54, 1.807) is 6.21 Å². The van der Waals surface area contributed by atoms with Gasteiger partial charge in [-0.15, -0.1) is 0 Å². The maximum atomic E-state index is 8.35. The summed E-state index contributed by atoms with van der Waals surface area (Å²) in [6.07, 6.45) is 16.5. The van der Waals surface area contributed by atoms with E-state index in [2.05, 4.69) is 131 Å². The standard InChI is InChI=1S/C33H41N3/c1-8-36(7)32-18-10-9-13-27(21-25(32)4)31(23-34)28-15-11-16-29(22-28)33(24(2)3)26-14-12-17-30(20-19-26)35(5)6/h11-12,15-23,27,31,34H,8,10,14H2,1-7H3. The molecule has 0 fully saturated rings. The van der Waals surface area contributed by atoms with Gasteiger partial charge in [-0.05, 0) is 80.2 Å². The summed E-state index contributed by atoms with van der Waals surface area (Å²) in [5.41, 5.74) is 9.88. The quantitative estimate of drug-likeness (QED) is 0.312. The average Bonchev–Trinajstić information content (AvgIpc) is 3.09. The summed E-state index contributed by atoms with van der Waals surface area (Å²) in [6.45, 7) is 9.66. The van der Waals surface area contributed by atoms with E-state index < -0.39 is 0 Å². The second kappa shape index (κ2) is 12.5. The van der Waals surface area contributed by atoms with Crippen LogP contribution >= 0.6 is 0 Å². The molecule has 0 amide bonds. The van der Waals surface area contributed by atoms with Crippen LogP contribution < -0.4 is 0 Å². The Morgan fingerprint density at radius 3 is 2.64 bits per heavy atom. The van der Waals surface area contributed by atoms with Gasteiger partial charge in [-0.25, -0.2) is 0 Å². The van der Waals surface area contributed by atoms with Crippen LogP contribution in [-0.2, 0) is 0 Å². The van der Waals surface area contributed by atoms with Crippen molar-refractivity contribution < 1.29 is 0 Å².